The highest BCUT2D eigenvalue weighted by Gasteiger charge is 2.45. The summed E-state index contributed by atoms with van der Waals surface area (Å²) in [4.78, 5) is 11.1. The van der Waals surface area contributed by atoms with Gasteiger partial charge in [0.2, 0.25) is 0 Å². The normalized spacial score (nSPS) is 41.4. The maximum Gasteiger partial charge on any atom is 0.152 e. The molecular weight excluding hydrogens is 208 g/mol. The highest BCUT2D eigenvalue weighted by molar-refractivity contribution is 5.87. The Kier molecular flexibility index (Phi) is 3.75. The molecule has 3 saturated carbocycles. The lowest BCUT2D eigenvalue weighted by Gasteiger charge is -2.51. The molecule has 0 aliphatic heterocycles. The second kappa shape index (κ2) is 4.96. The zero-order valence-electron chi connectivity index (χ0n) is 11.6. The van der Waals surface area contributed by atoms with Crippen LogP contribution >= 0.6 is 0 Å². The lowest BCUT2D eigenvalue weighted by atomic mass is 9.54. The van der Waals surface area contributed by atoms with Gasteiger partial charge < -0.3 is 0 Å². The summed E-state index contributed by atoms with van der Waals surface area (Å²) in [5.41, 5.74) is 0. The van der Waals surface area contributed by atoms with E-state index in [4.69, 9.17) is 0 Å². The van der Waals surface area contributed by atoms with Gasteiger partial charge in [-0.25, -0.2) is 0 Å². The third-order valence-corrected chi connectivity index (χ3v) is 5.13. The van der Waals surface area contributed by atoms with E-state index in [-0.39, 0.29) is 5.78 Å². The van der Waals surface area contributed by atoms with Crippen molar-refractivity contribution in [2.24, 2.45) is 35.5 Å². The zero-order valence-corrected chi connectivity index (χ0v) is 11.6. The van der Waals surface area contributed by atoms with E-state index in [9.17, 15) is 4.79 Å². The van der Waals surface area contributed by atoms with Crippen LogP contribution in [-0.2, 0) is 4.79 Å². The van der Waals surface area contributed by atoms with E-state index in [0.717, 1.165) is 29.6 Å². The van der Waals surface area contributed by atoms with Crippen LogP contribution in [0, 0.1) is 35.5 Å². The number of hydrogen-bond donors (Lipinski definition) is 0. The van der Waals surface area contributed by atoms with Crippen molar-refractivity contribution >= 4 is 5.78 Å². The summed E-state index contributed by atoms with van der Waals surface area (Å²) in [6, 6.07) is 0. The van der Waals surface area contributed by atoms with Crippen molar-refractivity contribution in [1.29, 1.82) is 0 Å². The third kappa shape index (κ3) is 2.64. The Morgan fingerprint density at radius 2 is 1.94 bits per heavy atom. The van der Waals surface area contributed by atoms with Gasteiger partial charge in [-0.1, -0.05) is 26.8 Å². The topological polar surface area (TPSA) is 17.1 Å². The van der Waals surface area contributed by atoms with Crippen molar-refractivity contribution < 1.29 is 4.79 Å². The van der Waals surface area contributed by atoms with Crippen molar-refractivity contribution in [1.82, 2.24) is 0 Å². The molecule has 0 amide bonds. The molecule has 1 heteroatoms. The van der Waals surface area contributed by atoms with Crippen LogP contribution in [-0.4, -0.2) is 5.78 Å². The summed E-state index contributed by atoms with van der Waals surface area (Å²) in [5.74, 6) is 5.16. The van der Waals surface area contributed by atoms with Gasteiger partial charge in [-0.15, -0.1) is 0 Å². The largest absolute Gasteiger partial charge is 0.295 e. The van der Waals surface area contributed by atoms with Crippen molar-refractivity contribution in [2.45, 2.75) is 47.0 Å². The Bertz CT molecular complexity index is 315. The summed E-state index contributed by atoms with van der Waals surface area (Å²) in [6.45, 7) is 8.79. The molecule has 0 heterocycles. The van der Waals surface area contributed by atoms with Crippen LogP contribution in [0.1, 0.15) is 47.0 Å². The summed E-state index contributed by atoms with van der Waals surface area (Å²) in [7, 11) is 0. The molecule has 0 aromatic rings. The first-order valence-electron chi connectivity index (χ1n) is 7.17. The van der Waals surface area contributed by atoms with Crippen molar-refractivity contribution in [3.8, 4) is 0 Å². The maximum atomic E-state index is 11.1. The van der Waals surface area contributed by atoms with Gasteiger partial charge in [0.05, 0.1) is 0 Å². The first-order chi connectivity index (χ1) is 7.99. The minimum absolute atomic E-state index is 0.195. The lowest BCUT2D eigenvalue weighted by Crippen LogP contribution is -2.43. The molecule has 0 aromatic carbocycles. The van der Waals surface area contributed by atoms with E-state index in [1.165, 1.54) is 19.3 Å². The average molecular weight is 234 g/mol. The van der Waals surface area contributed by atoms with Gasteiger partial charge in [0.25, 0.3) is 0 Å². The fourth-order valence-corrected chi connectivity index (χ4v) is 4.15. The molecule has 0 aromatic heterocycles. The molecule has 96 valence electrons. The fourth-order valence-electron chi connectivity index (χ4n) is 4.15. The van der Waals surface area contributed by atoms with E-state index in [1.807, 2.05) is 0 Å². The Morgan fingerprint density at radius 1 is 1.24 bits per heavy atom. The predicted molar refractivity (Wildman–Crippen MR) is 71.6 cm³/mol. The van der Waals surface area contributed by atoms with Crippen LogP contribution in [0.15, 0.2) is 12.2 Å². The third-order valence-electron chi connectivity index (χ3n) is 5.13. The quantitative estimate of drug-likeness (QED) is 0.672. The SMILES string of the molecule is CC(=O)/C=C/C1CC2CC(C(C)C)C1CC2C. The number of carbonyl (C=O) groups excluding carboxylic acids is 1. The zero-order chi connectivity index (χ0) is 12.6. The molecule has 3 rings (SSSR count). The van der Waals surface area contributed by atoms with Crippen LogP contribution in [0.3, 0.4) is 0 Å². The molecule has 1 nitrogen and oxygen atoms in total. The molecule has 0 spiro atoms. The van der Waals surface area contributed by atoms with Gasteiger partial charge in [-0.05, 0) is 67.8 Å². The summed E-state index contributed by atoms with van der Waals surface area (Å²) < 4.78 is 0. The van der Waals surface area contributed by atoms with Gasteiger partial charge >= 0.3 is 0 Å². The predicted octanol–water partition coefficient (Wildman–Crippen LogP) is 4.09. The Hall–Kier alpha value is -0.590. The molecule has 0 radical (unpaired) electrons. The Balaban J connectivity index is 2.12. The average Bonchev–Trinajstić information content (AvgIpc) is 2.26. The van der Waals surface area contributed by atoms with Gasteiger partial charge in [0.15, 0.2) is 5.78 Å². The first kappa shape index (κ1) is 12.9. The monoisotopic (exact) mass is 234 g/mol. The number of fused-ring (bicyclic) bond motifs is 3. The highest BCUT2D eigenvalue weighted by Crippen LogP contribution is 2.53. The molecule has 2 bridgehead atoms. The van der Waals surface area contributed by atoms with Crippen molar-refractivity contribution in [3.63, 3.8) is 0 Å². The smallest absolute Gasteiger partial charge is 0.152 e. The van der Waals surface area contributed by atoms with Gasteiger partial charge in [0, 0.05) is 0 Å². The second-order valence-corrected chi connectivity index (χ2v) is 6.65. The number of carbonyl (C=O) groups is 1. The number of ketones is 1. The van der Waals surface area contributed by atoms with E-state index in [1.54, 1.807) is 13.0 Å². The molecule has 5 unspecified atom stereocenters. The maximum absolute atomic E-state index is 11.1. The Morgan fingerprint density at radius 3 is 2.47 bits per heavy atom. The second-order valence-electron chi connectivity index (χ2n) is 6.65. The number of allylic oxidation sites excluding steroid dienone is 2. The fraction of sp³-hybridized carbons (Fsp3) is 0.812. The van der Waals surface area contributed by atoms with Gasteiger partial charge in [-0.2, -0.15) is 0 Å². The highest BCUT2D eigenvalue weighted by atomic mass is 16.1. The molecule has 0 saturated heterocycles. The van der Waals surface area contributed by atoms with Crippen LogP contribution in [0.25, 0.3) is 0 Å². The minimum atomic E-state index is 0.195. The summed E-state index contributed by atoms with van der Waals surface area (Å²) >= 11 is 0. The molecule has 3 aliphatic rings. The molecular formula is C16H26O. The van der Waals surface area contributed by atoms with E-state index in [2.05, 4.69) is 26.8 Å². The van der Waals surface area contributed by atoms with Gasteiger partial charge in [-0.3, -0.25) is 4.79 Å². The number of rotatable bonds is 3. The lowest BCUT2D eigenvalue weighted by molar-refractivity contribution is -0.112. The molecule has 3 fully saturated rings. The van der Waals surface area contributed by atoms with E-state index >= 15 is 0 Å². The molecule has 0 N–H and O–H groups in total. The van der Waals surface area contributed by atoms with E-state index < -0.39 is 0 Å². The standard InChI is InChI=1S/C16H26O/c1-10(2)15-9-14-8-13(6-5-12(4)17)16(15)7-11(14)3/h5-6,10-11,13-16H,7-9H2,1-4H3/b6-5+. The molecule has 3 aliphatic carbocycles. The first-order valence-corrected chi connectivity index (χ1v) is 7.17. The number of hydrogen-bond acceptors (Lipinski definition) is 1. The summed E-state index contributed by atoms with van der Waals surface area (Å²) in [6.07, 6.45) is 8.13. The van der Waals surface area contributed by atoms with E-state index in [0.29, 0.717) is 5.92 Å². The van der Waals surface area contributed by atoms with Gasteiger partial charge in [0.1, 0.15) is 0 Å². The molecule has 17 heavy (non-hydrogen) atoms. The van der Waals surface area contributed by atoms with Crippen molar-refractivity contribution in [3.05, 3.63) is 12.2 Å². The minimum Gasteiger partial charge on any atom is -0.295 e. The van der Waals surface area contributed by atoms with Crippen LogP contribution in [0.5, 0.6) is 0 Å². The Labute approximate surface area is 106 Å². The molecule has 5 atom stereocenters. The van der Waals surface area contributed by atoms with Crippen LogP contribution in [0.2, 0.25) is 0 Å². The van der Waals surface area contributed by atoms with Crippen molar-refractivity contribution in [2.75, 3.05) is 0 Å². The van der Waals surface area contributed by atoms with Crippen LogP contribution in [0.4, 0.5) is 0 Å². The van der Waals surface area contributed by atoms with Crippen LogP contribution < -0.4 is 0 Å². The summed E-state index contributed by atoms with van der Waals surface area (Å²) in [5, 5.41) is 0.